The van der Waals surface area contributed by atoms with Gasteiger partial charge in [-0.05, 0) is 45.4 Å². The fourth-order valence-corrected chi connectivity index (χ4v) is 3.54. The van der Waals surface area contributed by atoms with Gasteiger partial charge in [0.05, 0.1) is 21.5 Å². The normalized spacial score (nSPS) is 12.8. The first-order valence-corrected chi connectivity index (χ1v) is 8.83. The van der Waals surface area contributed by atoms with Crippen LogP contribution in [0.3, 0.4) is 0 Å². The molecule has 2 aromatic rings. The largest absolute Gasteiger partial charge is 0.345 e. The first-order chi connectivity index (χ1) is 9.24. The molecule has 0 unspecified atom stereocenters. The van der Waals surface area contributed by atoms with Gasteiger partial charge in [-0.1, -0.05) is 17.7 Å². The van der Waals surface area contributed by atoms with Gasteiger partial charge < -0.3 is 4.57 Å². The summed E-state index contributed by atoms with van der Waals surface area (Å²) in [5, 5.41) is 1.07. The second kappa shape index (κ2) is 5.41. The highest BCUT2D eigenvalue weighted by Crippen LogP contribution is 2.32. The molecule has 0 bridgehead atoms. The number of aromatic nitrogens is 1. The molecule has 0 aliphatic carbocycles. The van der Waals surface area contributed by atoms with Gasteiger partial charge in [-0.3, -0.25) is 0 Å². The Balaban J connectivity index is 2.65. The number of halogens is 1. The Morgan fingerprint density at radius 2 is 1.85 bits per heavy atom. The number of fused-ring (bicyclic) bond motifs is 1. The molecule has 0 aliphatic rings. The fourth-order valence-electron chi connectivity index (χ4n) is 2.27. The molecule has 0 aliphatic heterocycles. The van der Waals surface area contributed by atoms with E-state index in [0.29, 0.717) is 5.02 Å². The quantitative estimate of drug-likeness (QED) is 0.848. The summed E-state index contributed by atoms with van der Waals surface area (Å²) >= 11 is 6.28. The van der Waals surface area contributed by atoms with Gasteiger partial charge in [0.15, 0.2) is 9.84 Å². The molecule has 0 saturated heterocycles. The van der Waals surface area contributed by atoms with Crippen molar-refractivity contribution < 1.29 is 8.42 Å². The van der Waals surface area contributed by atoms with Gasteiger partial charge in [-0.25, -0.2) is 8.42 Å². The van der Waals surface area contributed by atoms with Crippen molar-refractivity contribution in [3.8, 4) is 0 Å². The molecule has 3 nitrogen and oxygen atoms in total. The molecular weight excluding hydrogens is 294 g/mol. The average molecular weight is 314 g/mol. The molecule has 0 radical (unpaired) electrons. The van der Waals surface area contributed by atoms with Crippen LogP contribution in [0.1, 0.15) is 39.3 Å². The zero-order valence-corrected chi connectivity index (χ0v) is 13.8. The number of hydrogen-bond acceptors (Lipinski definition) is 2. The molecule has 0 atom stereocenters. The molecule has 0 amide bonds. The SMILES string of the molecule is CC(C)n1cc(CS(=O)(=O)C(C)C)c2c(Cl)cccc21. The molecule has 1 aromatic carbocycles. The van der Waals surface area contributed by atoms with Crippen LogP contribution in [0.4, 0.5) is 0 Å². The fraction of sp³-hybridized carbons (Fsp3) is 0.467. The minimum absolute atomic E-state index is 0.0324. The number of hydrogen-bond donors (Lipinski definition) is 0. The minimum atomic E-state index is -3.14. The third-order valence-electron chi connectivity index (χ3n) is 3.52. The summed E-state index contributed by atoms with van der Waals surface area (Å²) in [5.41, 5.74) is 1.77. The molecule has 0 fully saturated rings. The molecule has 0 spiro atoms. The monoisotopic (exact) mass is 313 g/mol. The average Bonchev–Trinajstić information content (AvgIpc) is 2.68. The van der Waals surface area contributed by atoms with E-state index in [1.165, 1.54) is 0 Å². The Bertz CT molecular complexity index is 730. The first kappa shape index (κ1) is 15.4. The van der Waals surface area contributed by atoms with E-state index >= 15 is 0 Å². The van der Waals surface area contributed by atoms with Crippen LogP contribution in [0, 0.1) is 0 Å². The van der Waals surface area contributed by atoms with Crippen LogP contribution in [0.15, 0.2) is 24.4 Å². The Kier molecular flexibility index (Phi) is 4.17. The highest BCUT2D eigenvalue weighted by molar-refractivity contribution is 7.91. The number of nitrogens with zero attached hydrogens (tertiary/aromatic N) is 1. The number of sulfone groups is 1. The van der Waals surface area contributed by atoms with Crippen molar-refractivity contribution in [1.29, 1.82) is 0 Å². The zero-order chi connectivity index (χ0) is 15.1. The smallest absolute Gasteiger partial charge is 0.156 e. The standard InChI is InChI=1S/C15H20ClNO2S/c1-10(2)17-8-12(9-20(18,19)11(3)4)15-13(16)6-5-7-14(15)17/h5-8,10-11H,9H2,1-4H3. The number of rotatable bonds is 4. The van der Waals surface area contributed by atoms with Crippen LogP contribution in [-0.4, -0.2) is 18.2 Å². The maximum Gasteiger partial charge on any atom is 0.156 e. The highest BCUT2D eigenvalue weighted by atomic mass is 35.5. The van der Waals surface area contributed by atoms with E-state index in [4.69, 9.17) is 11.6 Å². The molecular formula is C15H20ClNO2S. The summed E-state index contributed by atoms with van der Waals surface area (Å²) in [6, 6.07) is 5.93. The van der Waals surface area contributed by atoms with Gasteiger partial charge in [-0.15, -0.1) is 0 Å². The lowest BCUT2D eigenvalue weighted by Gasteiger charge is -2.08. The van der Waals surface area contributed by atoms with Crippen molar-refractivity contribution in [2.24, 2.45) is 0 Å². The summed E-state index contributed by atoms with van der Waals surface area (Å²) < 4.78 is 26.4. The van der Waals surface area contributed by atoms with Crippen LogP contribution in [0.2, 0.25) is 5.02 Å². The third-order valence-corrected chi connectivity index (χ3v) is 5.98. The predicted molar refractivity (Wildman–Crippen MR) is 85.1 cm³/mol. The van der Waals surface area contributed by atoms with Gasteiger partial charge in [0.1, 0.15) is 0 Å². The third kappa shape index (κ3) is 2.72. The maximum absolute atomic E-state index is 12.2. The summed E-state index contributed by atoms with van der Waals surface area (Å²) in [4.78, 5) is 0. The summed E-state index contributed by atoms with van der Waals surface area (Å²) in [7, 11) is -3.14. The van der Waals surface area contributed by atoms with E-state index in [-0.39, 0.29) is 17.0 Å². The van der Waals surface area contributed by atoms with Crippen molar-refractivity contribution in [2.75, 3.05) is 0 Å². The molecule has 0 N–H and O–H groups in total. The Morgan fingerprint density at radius 3 is 2.40 bits per heavy atom. The summed E-state index contributed by atoms with van der Waals surface area (Å²) in [6.07, 6.45) is 1.92. The summed E-state index contributed by atoms with van der Waals surface area (Å²) in [5.74, 6) is 0.0324. The Labute approximate surface area is 125 Å². The van der Waals surface area contributed by atoms with E-state index in [0.717, 1.165) is 16.5 Å². The van der Waals surface area contributed by atoms with Crippen molar-refractivity contribution in [2.45, 2.75) is 44.7 Å². The second-order valence-corrected chi connectivity index (χ2v) is 8.61. The van der Waals surface area contributed by atoms with E-state index < -0.39 is 9.84 Å². The van der Waals surface area contributed by atoms with Crippen LogP contribution in [0.25, 0.3) is 10.9 Å². The molecule has 1 aromatic heterocycles. The van der Waals surface area contributed by atoms with Crippen molar-refractivity contribution >= 4 is 32.3 Å². The molecule has 1 heterocycles. The topological polar surface area (TPSA) is 39.1 Å². The van der Waals surface area contributed by atoms with Gasteiger partial charge in [0.25, 0.3) is 0 Å². The number of benzene rings is 1. The van der Waals surface area contributed by atoms with Gasteiger partial charge in [-0.2, -0.15) is 0 Å². The highest BCUT2D eigenvalue weighted by Gasteiger charge is 2.21. The lowest BCUT2D eigenvalue weighted by molar-refractivity contribution is 0.586. The lowest BCUT2D eigenvalue weighted by Crippen LogP contribution is -2.15. The predicted octanol–water partition coefficient (Wildman–Crippen LogP) is 4.20. The van der Waals surface area contributed by atoms with Crippen molar-refractivity contribution in [3.63, 3.8) is 0 Å². The van der Waals surface area contributed by atoms with Crippen LogP contribution < -0.4 is 0 Å². The molecule has 20 heavy (non-hydrogen) atoms. The van der Waals surface area contributed by atoms with Crippen molar-refractivity contribution in [3.05, 3.63) is 35.0 Å². The van der Waals surface area contributed by atoms with Crippen molar-refractivity contribution in [1.82, 2.24) is 4.57 Å². The molecule has 5 heteroatoms. The Morgan fingerprint density at radius 1 is 1.20 bits per heavy atom. The first-order valence-electron chi connectivity index (χ1n) is 6.73. The molecule has 110 valence electrons. The maximum atomic E-state index is 12.2. The summed E-state index contributed by atoms with van der Waals surface area (Å²) in [6.45, 7) is 7.55. The van der Waals surface area contributed by atoms with Crippen LogP contribution in [-0.2, 0) is 15.6 Å². The zero-order valence-electron chi connectivity index (χ0n) is 12.2. The van der Waals surface area contributed by atoms with Gasteiger partial charge in [0.2, 0.25) is 0 Å². The van der Waals surface area contributed by atoms with Crippen LogP contribution >= 0.6 is 11.6 Å². The van der Waals surface area contributed by atoms with E-state index in [1.807, 2.05) is 18.3 Å². The minimum Gasteiger partial charge on any atom is -0.345 e. The van der Waals surface area contributed by atoms with E-state index in [9.17, 15) is 8.42 Å². The van der Waals surface area contributed by atoms with E-state index in [1.54, 1.807) is 19.9 Å². The van der Waals surface area contributed by atoms with Gasteiger partial charge in [0, 0.05) is 17.6 Å². The van der Waals surface area contributed by atoms with E-state index in [2.05, 4.69) is 18.4 Å². The van der Waals surface area contributed by atoms with Crippen LogP contribution in [0.5, 0.6) is 0 Å². The lowest BCUT2D eigenvalue weighted by atomic mass is 10.2. The van der Waals surface area contributed by atoms with Gasteiger partial charge >= 0.3 is 0 Å². The molecule has 2 rings (SSSR count). The molecule has 0 saturated carbocycles. The Hall–Kier alpha value is -1.00. The second-order valence-electron chi connectivity index (χ2n) is 5.65.